The van der Waals surface area contributed by atoms with Crippen LogP contribution in [0.2, 0.25) is 0 Å². The number of benzene rings is 3. The van der Waals surface area contributed by atoms with Crippen LogP contribution in [0.5, 0.6) is 0 Å². The lowest BCUT2D eigenvalue weighted by atomic mass is 10.1. The van der Waals surface area contributed by atoms with Gasteiger partial charge in [0.05, 0.1) is 0 Å². The normalized spacial score (nSPS) is 10.5. The molecule has 3 heteroatoms. The van der Waals surface area contributed by atoms with E-state index in [4.69, 9.17) is 0 Å². The van der Waals surface area contributed by atoms with Crippen molar-refractivity contribution in [3.8, 4) is 0 Å². The molecule has 3 aromatic carbocycles. The van der Waals surface area contributed by atoms with Crippen LogP contribution >= 0.6 is 11.8 Å². The van der Waals surface area contributed by atoms with Crippen molar-refractivity contribution in [1.82, 2.24) is 4.90 Å². The Morgan fingerprint density at radius 3 is 1.59 bits per heavy atom. The first kappa shape index (κ1) is 19.2. The number of rotatable bonds is 9. The maximum absolute atomic E-state index is 12.9. The van der Waals surface area contributed by atoms with Gasteiger partial charge in [0.25, 0.3) is 0 Å². The predicted molar refractivity (Wildman–Crippen MR) is 114 cm³/mol. The summed E-state index contributed by atoms with van der Waals surface area (Å²) >= 11 is 1.82. The summed E-state index contributed by atoms with van der Waals surface area (Å²) in [6.45, 7) is 1.30. The van der Waals surface area contributed by atoms with Crippen LogP contribution in [0.1, 0.15) is 23.1 Å². The molecule has 0 saturated heterocycles. The van der Waals surface area contributed by atoms with E-state index in [1.807, 2.05) is 59.1 Å². The molecule has 3 aromatic rings. The molecule has 0 fully saturated rings. The van der Waals surface area contributed by atoms with Gasteiger partial charge in [0.15, 0.2) is 0 Å². The van der Waals surface area contributed by atoms with Crippen molar-refractivity contribution in [1.29, 1.82) is 0 Å². The third-order valence-electron chi connectivity index (χ3n) is 4.36. The lowest BCUT2D eigenvalue weighted by Gasteiger charge is -2.23. The molecule has 0 unspecified atom stereocenters. The summed E-state index contributed by atoms with van der Waals surface area (Å²) in [5, 5.41) is 0. The third kappa shape index (κ3) is 6.61. The molecule has 0 radical (unpaired) electrons. The highest BCUT2D eigenvalue weighted by molar-refractivity contribution is 7.98. The molecule has 0 atom stereocenters. The van der Waals surface area contributed by atoms with Gasteiger partial charge in [-0.3, -0.25) is 4.79 Å². The van der Waals surface area contributed by atoms with E-state index in [1.54, 1.807) is 0 Å². The van der Waals surface area contributed by atoms with Gasteiger partial charge in [-0.15, -0.1) is 0 Å². The number of hydrogen-bond acceptors (Lipinski definition) is 2. The van der Waals surface area contributed by atoms with Gasteiger partial charge in [-0.2, -0.15) is 11.8 Å². The molecule has 0 heterocycles. The first-order chi connectivity index (χ1) is 13.3. The highest BCUT2D eigenvalue weighted by Crippen LogP contribution is 2.16. The van der Waals surface area contributed by atoms with Gasteiger partial charge in [0, 0.05) is 31.0 Å². The molecule has 0 N–H and O–H groups in total. The van der Waals surface area contributed by atoms with Gasteiger partial charge < -0.3 is 4.90 Å². The standard InChI is InChI=1S/C24H25NOS/c26-24(16-17-27-20-23-14-8-3-9-15-23)25(18-21-10-4-1-5-11-21)19-22-12-6-2-7-13-22/h1-15H,16-20H2. The monoisotopic (exact) mass is 375 g/mol. The molecule has 3 rings (SSSR count). The number of amides is 1. The van der Waals surface area contributed by atoms with E-state index in [9.17, 15) is 4.79 Å². The Morgan fingerprint density at radius 1 is 0.667 bits per heavy atom. The van der Waals surface area contributed by atoms with Gasteiger partial charge >= 0.3 is 0 Å². The van der Waals surface area contributed by atoms with Crippen LogP contribution < -0.4 is 0 Å². The Bertz CT molecular complexity index is 764. The van der Waals surface area contributed by atoms with Crippen molar-refractivity contribution in [3.05, 3.63) is 108 Å². The number of thioether (sulfide) groups is 1. The summed E-state index contributed by atoms with van der Waals surface area (Å²) < 4.78 is 0. The topological polar surface area (TPSA) is 20.3 Å². The minimum Gasteiger partial charge on any atom is -0.334 e. The van der Waals surface area contributed by atoms with Crippen molar-refractivity contribution in [2.75, 3.05) is 5.75 Å². The third-order valence-corrected chi connectivity index (χ3v) is 5.39. The summed E-state index contributed by atoms with van der Waals surface area (Å²) in [6.07, 6.45) is 0.567. The first-order valence-electron chi connectivity index (χ1n) is 9.28. The van der Waals surface area contributed by atoms with Crippen molar-refractivity contribution in [3.63, 3.8) is 0 Å². The summed E-state index contributed by atoms with van der Waals surface area (Å²) in [5.41, 5.74) is 3.64. The van der Waals surface area contributed by atoms with Crippen LogP contribution in [0.4, 0.5) is 0 Å². The van der Waals surface area contributed by atoms with Gasteiger partial charge in [0.1, 0.15) is 0 Å². The Kier molecular flexibility index (Phi) is 7.55. The van der Waals surface area contributed by atoms with E-state index in [2.05, 4.69) is 48.5 Å². The minimum atomic E-state index is 0.211. The Morgan fingerprint density at radius 2 is 1.11 bits per heavy atom. The molecule has 27 heavy (non-hydrogen) atoms. The summed E-state index contributed by atoms with van der Waals surface area (Å²) in [7, 11) is 0. The van der Waals surface area contributed by atoms with Gasteiger partial charge in [-0.25, -0.2) is 0 Å². The zero-order valence-electron chi connectivity index (χ0n) is 15.5. The average Bonchev–Trinajstić information content (AvgIpc) is 2.73. The fraction of sp³-hybridized carbons (Fsp3) is 0.208. The van der Waals surface area contributed by atoms with Gasteiger partial charge in [-0.05, 0) is 16.7 Å². The number of hydrogen-bond donors (Lipinski definition) is 0. The van der Waals surface area contributed by atoms with Crippen LogP contribution in [0.3, 0.4) is 0 Å². The maximum atomic E-state index is 12.9. The zero-order chi connectivity index (χ0) is 18.7. The van der Waals surface area contributed by atoms with Crippen LogP contribution in [0.25, 0.3) is 0 Å². The minimum absolute atomic E-state index is 0.211. The van der Waals surface area contributed by atoms with E-state index >= 15 is 0 Å². The molecule has 0 spiro atoms. The van der Waals surface area contributed by atoms with E-state index < -0.39 is 0 Å². The van der Waals surface area contributed by atoms with Crippen LogP contribution in [0, 0.1) is 0 Å². The fourth-order valence-electron chi connectivity index (χ4n) is 2.92. The number of nitrogens with zero attached hydrogens (tertiary/aromatic N) is 1. The number of carbonyl (C=O) groups is 1. The summed E-state index contributed by atoms with van der Waals surface area (Å²) in [6, 6.07) is 30.8. The van der Waals surface area contributed by atoms with Crippen molar-refractivity contribution < 1.29 is 4.79 Å². The van der Waals surface area contributed by atoms with E-state index in [0.29, 0.717) is 19.5 Å². The predicted octanol–water partition coefficient (Wildman–Crippen LogP) is 5.54. The van der Waals surface area contributed by atoms with Gasteiger partial charge in [-0.1, -0.05) is 91.0 Å². The molecule has 2 nitrogen and oxygen atoms in total. The second kappa shape index (κ2) is 10.6. The molecule has 0 saturated carbocycles. The Balaban J connectivity index is 1.56. The smallest absolute Gasteiger partial charge is 0.223 e. The SMILES string of the molecule is O=C(CCSCc1ccccc1)N(Cc1ccccc1)Cc1ccccc1. The summed E-state index contributed by atoms with van der Waals surface area (Å²) in [4.78, 5) is 14.8. The second-order valence-electron chi connectivity index (χ2n) is 6.51. The lowest BCUT2D eigenvalue weighted by molar-refractivity contribution is -0.132. The molecule has 1 amide bonds. The van der Waals surface area contributed by atoms with Crippen molar-refractivity contribution >= 4 is 17.7 Å². The maximum Gasteiger partial charge on any atom is 0.223 e. The molecular formula is C24H25NOS. The Labute approximate surface area is 166 Å². The molecular weight excluding hydrogens is 350 g/mol. The molecule has 0 aliphatic heterocycles. The molecule has 0 aliphatic rings. The molecule has 0 aliphatic carbocycles. The van der Waals surface area contributed by atoms with Crippen LogP contribution in [-0.2, 0) is 23.6 Å². The van der Waals surface area contributed by atoms with Crippen LogP contribution in [0.15, 0.2) is 91.0 Å². The fourth-order valence-corrected chi connectivity index (χ4v) is 3.81. The van der Waals surface area contributed by atoms with E-state index in [1.165, 1.54) is 16.7 Å². The molecule has 138 valence electrons. The van der Waals surface area contributed by atoms with Crippen molar-refractivity contribution in [2.45, 2.75) is 25.3 Å². The van der Waals surface area contributed by atoms with Crippen molar-refractivity contribution in [2.24, 2.45) is 0 Å². The highest BCUT2D eigenvalue weighted by atomic mass is 32.2. The lowest BCUT2D eigenvalue weighted by Crippen LogP contribution is -2.30. The van der Waals surface area contributed by atoms with E-state index in [0.717, 1.165) is 11.5 Å². The van der Waals surface area contributed by atoms with E-state index in [-0.39, 0.29) is 5.91 Å². The largest absolute Gasteiger partial charge is 0.334 e. The quantitative estimate of drug-likeness (QED) is 0.458. The average molecular weight is 376 g/mol. The number of carbonyl (C=O) groups excluding carboxylic acids is 1. The first-order valence-corrected chi connectivity index (χ1v) is 10.4. The van der Waals surface area contributed by atoms with Crippen LogP contribution in [-0.4, -0.2) is 16.6 Å². The van der Waals surface area contributed by atoms with Gasteiger partial charge in [0.2, 0.25) is 5.91 Å². The Hall–Kier alpha value is -2.52. The molecule has 0 bridgehead atoms. The second-order valence-corrected chi connectivity index (χ2v) is 7.61. The summed E-state index contributed by atoms with van der Waals surface area (Å²) in [5.74, 6) is 2.00. The molecule has 0 aromatic heterocycles. The zero-order valence-corrected chi connectivity index (χ0v) is 16.3. The highest BCUT2D eigenvalue weighted by Gasteiger charge is 2.14.